The van der Waals surface area contributed by atoms with Gasteiger partial charge in [0.05, 0.1) is 12.5 Å². The topological polar surface area (TPSA) is 92.4 Å². The Hall–Kier alpha value is -1.36. The summed E-state index contributed by atoms with van der Waals surface area (Å²) in [6.07, 6.45) is 4.20. The highest BCUT2D eigenvalue weighted by molar-refractivity contribution is 5.79. The van der Waals surface area contributed by atoms with E-state index in [4.69, 9.17) is 10.8 Å². The van der Waals surface area contributed by atoms with Gasteiger partial charge in [-0.25, -0.2) is 0 Å². The number of aliphatic carboxylic acids is 1. The van der Waals surface area contributed by atoms with Crippen LogP contribution in [0.3, 0.4) is 0 Å². The van der Waals surface area contributed by atoms with Crippen LogP contribution < -0.4 is 11.1 Å². The Morgan fingerprint density at radius 3 is 2.47 bits per heavy atom. The van der Waals surface area contributed by atoms with Gasteiger partial charge >= 0.3 is 5.97 Å². The number of primary amides is 1. The number of nitrogens with two attached hydrogens (primary N) is 1. The standard InChI is InChI=1S/C12H22N2O3/c1-3-5-9(8-11(15)16)6-7-14-10(4-2)12(13)17/h6,10,14H,3-5,7-8H2,1-2H3,(H2,13,17)(H,15,16)/t10-/m0/s1. The SMILES string of the molecule is CCCC(=CCN[C@@H](CC)C(N)=O)CC(=O)O. The number of rotatable bonds is 9. The zero-order chi connectivity index (χ0) is 13.3. The first-order valence-corrected chi connectivity index (χ1v) is 5.93. The smallest absolute Gasteiger partial charge is 0.307 e. The predicted octanol–water partition coefficient (Wildman–Crippen LogP) is 1.04. The molecule has 0 aromatic rings. The van der Waals surface area contributed by atoms with Crippen LogP contribution in [0.15, 0.2) is 11.6 Å². The summed E-state index contributed by atoms with van der Waals surface area (Å²) in [6, 6.07) is -0.348. The molecule has 1 amide bonds. The Kier molecular flexibility index (Phi) is 8.05. The van der Waals surface area contributed by atoms with E-state index in [2.05, 4.69) is 5.32 Å². The van der Waals surface area contributed by atoms with Crippen molar-refractivity contribution in [3.05, 3.63) is 11.6 Å². The van der Waals surface area contributed by atoms with Gasteiger partial charge in [0.15, 0.2) is 0 Å². The fraction of sp³-hybridized carbons (Fsp3) is 0.667. The molecule has 0 aliphatic heterocycles. The van der Waals surface area contributed by atoms with Crippen LogP contribution in [0.5, 0.6) is 0 Å². The van der Waals surface area contributed by atoms with Gasteiger partial charge in [-0.1, -0.05) is 31.9 Å². The van der Waals surface area contributed by atoms with E-state index in [0.717, 1.165) is 18.4 Å². The maximum atomic E-state index is 11.0. The third-order valence-electron chi connectivity index (χ3n) is 2.46. The number of nitrogens with one attached hydrogen (secondary N) is 1. The van der Waals surface area contributed by atoms with Gasteiger partial charge < -0.3 is 16.2 Å². The third-order valence-corrected chi connectivity index (χ3v) is 2.46. The predicted molar refractivity (Wildman–Crippen MR) is 66.5 cm³/mol. The molecule has 4 N–H and O–H groups in total. The van der Waals surface area contributed by atoms with Crippen molar-refractivity contribution < 1.29 is 14.7 Å². The summed E-state index contributed by atoms with van der Waals surface area (Å²) < 4.78 is 0. The number of hydrogen-bond acceptors (Lipinski definition) is 3. The highest BCUT2D eigenvalue weighted by atomic mass is 16.4. The second kappa shape index (κ2) is 8.75. The lowest BCUT2D eigenvalue weighted by molar-refractivity contribution is -0.136. The van der Waals surface area contributed by atoms with Crippen molar-refractivity contribution >= 4 is 11.9 Å². The van der Waals surface area contributed by atoms with E-state index < -0.39 is 5.97 Å². The first-order valence-electron chi connectivity index (χ1n) is 5.93. The molecule has 0 aromatic heterocycles. The maximum Gasteiger partial charge on any atom is 0.307 e. The van der Waals surface area contributed by atoms with Crippen LogP contribution in [0.4, 0.5) is 0 Å². The van der Waals surface area contributed by atoms with Crippen molar-refractivity contribution in [2.75, 3.05) is 6.54 Å². The number of amides is 1. The zero-order valence-corrected chi connectivity index (χ0v) is 10.5. The molecule has 17 heavy (non-hydrogen) atoms. The van der Waals surface area contributed by atoms with Crippen molar-refractivity contribution in [1.29, 1.82) is 0 Å². The summed E-state index contributed by atoms with van der Waals surface area (Å²) in [6.45, 7) is 4.35. The first-order chi connectivity index (χ1) is 8.01. The lowest BCUT2D eigenvalue weighted by Crippen LogP contribution is -2.40. The van der Waals surface area contributed by atoms with E-state index in [1.807, 2.05) is 19.9 Å². The number of carboxylic acid groups (broad SMARTS) is 1. The van der Waals surface area contributed by atoms with Crippen LogP contribution in [0.1, 0.15) is 39.5 Å². The van der Waals surface area contributed by atoms with Gasteiger partial charge in [0.1, 0.15) is 0 Å². The fourth-order valence-electron chi connectivity index (χ4n) is 1.57. The highest BCUT2D eigenvalue weighted by Gasteiger charge is 2.10. The molecule has 0 aromatic carbocycles. The lowest BCUT2D eigenvalue weighted by Gasteiger charge is -2.12. The molecular formula is C12H22N2O3. The molecule has 5 nitrogen and oxygen atoms in total. The molecule has 5 heteroatoms. The molecule has 0 bridgehead atoms. The molecule has 0 spiro atoms. The number of carboxylic acids is 1. The fourth-order valence-corrected chi connectivity index (χ4v) is 1.57. The second-order valence-corrected chi connectivity index (χ2v) is 3.95. The summed E-state index contributed by atoms with van der Waals surface area (Å²) in [4.78, 5) is 21.6. The van der Waals surface area contributed by atoms with Crippen LogP contribution in [0.25, 0.3) is 0 Å². The number of carbonyl (C=O) groups excluding carboxylic acids is 1. The van der Waals surface area contributed by atoms with Gasteiger partial charge in [-0.15, -0.1) is 0 Å². The monoisotopic (exact) mass is 242 g/mol. The van der Waals surface area contributed by atoms with Crippen LogP contribution in [-0.2, 0) is 9.59 Å². The van der Waals surface area contributed by atoms with Gasteiger partial charge in [-0.2, -0.15) is 0 Å². The molecule has 0 aliphatic carbocycles. The van der Waals surface area contributed by atoms with Gasteiger partial charge in [-0.3, -0.25) is 9.59 Å². The van der Waals surface area contributed by atoms with E-state index in [-0.39, 0.29) is 18.4 Å². The molecule has 0 heterocycles. The number of hydrogen-bond donors (Lipinski definition) is 3. The molecule has 0 rings (SSSR count). The molecule has 0 saturated heterocycles. The van der Waals surface area contributed by atoms with Crippen molar-refractivity contribution in [2.45, 2.75) is 45.6 Å². The van der Waals surface area contributed by atoms with Gasteiger partial charge in [0, 0.05) is 6.54 Å². The molecular weight excluding hydrogens is 220 g/mol. The molecule has 0 saturated carbocycles. The van der Waals surface area contributed by atoms with Crippen LogP contribution >= 0.6 is 0 Å². The molecule has 1 atom stereocenters. The highest BCUT2D eigenvalue weighted by Crippen LogP contribution is 2.09. The Morgan fingerprint density at radius 1 is 1.41 bits per heavy atom. The molecule has 0 unspecified atom stereocenters. The Balaban J connectivity index is 4.23. The third kappa shape index (κ3) is 7.52. The lowest BCUT2D eigenvalue weighted by atomic mass is 10.1. The van der Waals surface area contributed by atoms with Gasteiger partial charge in [0.25, 0.3) is 0 Å². The van der Waals surface area contributed by atoms with Crippen LogP contribution in [0.2, 0.25) is 0 Å². The summed E-state index contributed by atoms with van der Waals surface area (Å²) >= 11 is 0. The molecule has 98 valence electrons. The average Bonchev–Trinajstić information content (AvgIpc) is 2.23. The van der Waals surface area contributed by atoms with Crippen molar-refractivity contribution in [3.8, 4) is 0 Å². The molecule has 0 aliphatic rings. The number of carbonyl (C=O) groups is 2. The average molecular weight is 242 g/mol. The van der Waals surface area contributed by atoms with Crippen molar-refractivity contribution in [2.24, 2.45) is 5.73 Å². The van der Waals surface area contributed by atoms with Crippen LogP contribution in [-0.4, -0.2) is 29.6 Å². The Bertz CT molecular complexity index is 287. The van der Waals surface area contributed by atoms with Crippen molar-refractivity contribution in [1.82, 2.24) is 5.32 Å². The Labute approximate surface area is 102 Å². The van der Waals surface area contributed by atoms with E-state index in [1.54, 1.807) is 0 Å². The molecule has 0 fully saturated rings. The second-order valence-electron chi connectivity index (χ2n) is 3.95. The summed E-state index contributed by atoms with van der Waals surface area (Å²) in [5.74, 6) is -1.21. The minimum Gasteiger partial charge on any atom is -0.481 e. The summed E-state index contributed by atoms with van der Waals surface area (Å²) in [5, 5.41) is 11.7. The van der Waals surface area contributed by atoms with Gasteiger partial charge in [0.2, 0.25) is 5.91 Å². The summed E-state index contributed by atoms with van der Waals surface area (Å²) in [5.41, 5.74) is 6.07. The minimum atomic E-state index is -0.827. The zero-order valence-electron chi connectivity index (χ0n) is 10.5. The minimum absolute atomic E-state index is 0.0584. The van der Waals surface area contributed by atoms with E-state index in [0.29, 0.717) is 13.0 Å². The largest absolute Gasteiger partial charge is 0.481 e. The van der Waals surface area contributed by atoms with Crippen molar-refractivity contribution in [3.63, 3.8) is 0 Å². The maximum absolute atomic E-state index is 11.0. The quantitative estimate of drug-likeness (QED) is 0.527. The van der Waals surface area contributed by atoms with E-state index in [1.165, 1.54) is 0 Å². The van der Waals surface area contributed by atoms with Gasteiger partial charge in [-0.05, 0) is 12.8 Å². The summed E-state index contributed by atoms with van der Waals surface area (Å²) in [7, 11) is 0. The first kappa shape index (κ1) is 15.6. The van der Waals surface area contributed by atoms with Crippen LogP contribution in [0, 0.1) is 0 Å². The normalized spacial score (nSPS) is 13.4. The Morgan fingerprint density at radius 2 is 2.06 bits per heavy atom. The van der Waals surface area contributed by atoms with E-state index in [9.17, 15) is 9.59 Å². The molecule has 0 radical (unpaired) electrons. The van der Waals surface area contributed by atoms with E-state index >= 15 is 0 Å².